The molecule has 0 heterocycles. The van der Waals surface area contributed by atoms with Crippen LogP contribution in [0.5, 0.6) is 0 Å². The van der Waals surface area contributed by atoms with Gasteiger partial charge in [0.05, 0.1) is 5.54 Å². The fourth-order valence-electron chi connectivity index (χ4n) is 2.35. The standard InChI is InChI=1S/C14H22N2/c1-11-4-8-13(9-5-11)16(3)14(2,10-15)12-6-7-12/h4-5,8-9,12H,6-7,10,15H2,1-3H3. The molecule has 16 heavy (non-hydrogen) atoms. The molecule has 88 valence electrons. The van der Waals surface area contributed by atoms with E-state index in [4.69, 9.17) is 5.73 Å². The van der Waals surface area contributed by atoms with Crippen LogP contribution in [0.2, 0.25) is 0 Å². The van der Waals surface area contributed by atoms with Gasteiger partial charge in [0.2, 0.25) is 0 Å². The highest BCUT2D eigenvalue weighted by molar-refractivity contribution is 5.50. The highest BCUT2D eigenvalue weighted by Gasteiger charge is 2.43. The largest absolute Gasteiger partial charge is 0.368 e. The zero-order valence-electron chi connectivity index (χ0n) is 10.5. The minimum atomic E-state index is 0.120. The van der Waals surface area contributed by atoms with Crippen LogP contribution in [0.15, 0.2) is 24.3 Å². The zero-order chi connectivity index (χ0) is 11.8. The molecule has 1 aromatic carbocycles. The molecular weight excluding hydrogens is 196 g/mol. The molecule has 1 fully saturated rings. The second-order valence-electron chi connectivity index (χ2n) is 5.23. The van der Waals surface area contributed by atoms with E-state index in [1.807, 2.05) is 0 Å². The summed E-state index contributed by atoms with van der Waals surface area (Å²) < 4.78 is 0. The summed E-state index contributed by atoms with van der Waals surface area (Å²) in [5.41, 5.74) is 8.67. The number of nitrogens with zero attached hydrogens (tertiary/aromatic N) is 1. The third kappa shape index (κ3) is 1.94. The van der Waals surface area contributed by atoms with Gasteiger partial charge in [-0.15, -0.1) is 0 Å². The van der Waals surface area contributed by atoms with Gasteiger partial charge in [-0.05, 0) is 44.7 Å². The first-order valence-corrected chi connectivity index (χ1v) is 6.08. The van der Waals surface area contributed by atoms with Crippen LogP contribution in [0.25, 0.3) is 0 Å². The van der Waals surface area contributed by atoms with Crippen LogP contribution in [-0.2, 0) is 0 Å². The van der Waals surface area contributed by atoms with Crippen molar-refractivity contribution in [2.24, 2.45) is 11.7 Å². The molecule has 0 amide bonds. The van der Waals surface area contributed by atoms with Gasteiger partial charge in [-0.2, -0.15) is 0 Å². The van der Waals surface area contributed by atoms with Crippen molar-refractivity contribution in [3.8, 4) is 0 Å². The van der Waals surface area contributed by atoms with Crippen molar-refractivity contribution >= 4 is 5.69 Å². The van der Waals surface area contributed by atoms with E-state index in [2.05, 4.69) is 50.1 Å². The molecule has 1 unspecified atom stereocenters. The highest BCUT2D eigenvalue weighted by Crippen LogP contribution is 2.43. The summed E-state index contributed by atoms with van der Waals surface area (Å²) in [6.45, 7) is 5.12. The minimum Gasteiger partial charge on any atom is -0.368 e. The average Bonchev–Trinajstić information content (AvgIpc) is 3.12. The van der Waals surface area contributed by atoms with Gasteiger partial charge in [0, 0.05) is 19.3 Å². The Labute approximate surface area is 98.4 Å². The number of anilines is 1. The summed E-state index contributed by atoms with van der Waals surface area (Å²) in [4.78, 5) is 2.35. The molecule has 0 aliphatic heterocycles. The van der Waals surface area contributed by atoms with Gasteiger partial charge in [0.25, 0.3) is 0 Å². The molecule has 2 nitrogen and oxygen atoms in total. The van der Waals surface area contributed by atoms with Crippen LogP contribution >= 0.6 is 0 Å². The summed E-state index contributed by atoms with van der Waals surface area (Å²) in [6.07, 6.45) is 2.65. The predicted molar refractivity (Wildman–Crippen MR) is 69.8 cm³/mol. The molecule has 1 aliphatic carbocycles. The van der Waals surface area contributed by atoms with E-state index >= 15 is 0 Å². The molecule has 1 aromatic rings. The Kier molecular flexibility index (Phi) is 2.94. The van der Waals surface area contributed by atoms with E-state index in [1.165, 1.54) is 24.1 Å². The Balaban J connectivity index is 2.22. The fraction of sp³-hybridized carbons (Fsp3) is 0.571. The van der Waals surface area contributed by atoms with E-state index < -0.39 is 0 Å². The maximum absolute atomic E-state index is 5.97. The minimum absolute atomic E-state index is 0.120. The van der Waals surface area contributed by atoms with Crippen LogP contribution < -0.4 is 10.6 Å². The number of hydrogen-bond donors (Lipinski definition) is 1. The Morgan fingerprint density at radius 1 is 1.31 bits per heavy atom. The summed E-state index contributed by atoms with van der Waals surface area (Å²) in [7, 11) is 2.16. The molecule has 1 atom stereocenters. The second kappa shape index (κ2) is 4.10. The Hall–Kier alpha value is -1.02. The molecule has 1 aliphatic rings. The third-order valence-corrected chi connectivity index (χ3v) is 4.06. The molecule has 0 bridgehead atoms. The molecule has 0 aromatic heterocycles. The maximum Gasteiger partial charge on any atom is 0.0520 e. The molecule has 2 N–H and O–H groups in total. The van der Waals surface area contributed by atoms with Gasteiger partial charge in [0.15, 0.2) is 0 Å². The van der Waals surface area contributed by atoms with Gasteiger partial charge in [-0.3, -0.25) is 0 Å². The first kappa shape index (κ1) is 11.5. The first-order chi connectivity index (χ1) is 7.58. The Morgan fingerprint density at radius 2 is 1.88 bits per heavy atom. The lowest BCUT2D eigenvalue weighted by atomic mass is 9.93. The molecule has 1 saturated carbocycles. The van der Waals surface area contributed by atoms with Crippen LogP contribution in [0, 0.1) is 12.8 Å². The highest BCUT2D eigenvalue weighted by atomic mass is 15.2. The van der Waals surface area contributed by atoms with Gasteiger partial charge < -0.3 is 10.6 Å². The van der Waals surface area contributed by atoms with E-state index in [-0.39, 0.29) is 5.54 Å². The number of nitrogens with two attached hydrogens (primary N) is 1. The number of benzene rings is 1. The zero-order valence-corrected chi connectivity index (χ0v) is 10.5. The van der Waals surface area contributed by atoms with Crippen molar-refractivity contribution in [3.05, 3.63) is 29.8 Å². The van der Waals surface area contributed by atoms with Crippen LogP contribution in [0.4, 0.5) is 5.69 Å². The fourth-order valence-corrected chi connectivity index (χ4v) is 2.35. The second-order valence-corrected chi connectivity index (χ2v) is 5.23. The van der Waals surface area contributed by atoms with E-state index in [1.54, 1.807) is 0 Å². The van der Waals surface area contributed by atoms with Crippen LogP contribution in [-0.4, -0.2) is 19.1 Å². The van der Waals surface area contributed by atoms with E-state index in [9.17, 15) is 0 Å². The van der Waals surface area contributed by atoms with Crippen molar-refractivity contribution in [2.75, 3.05) is 18.5 Å². The monoisotopic (exact) mass is 218 g/mol. The van der Waals surface area contributed by atoms with Gasteiger partial charge in [0.1, 0.15) is 0 Å². The number of rotatable bonds is 4. The average molecular weight is 218 g/mol. The summed E-state index contributed by atoms with van der Waals surface area (Å²) in [5, 5.41) is 0. The molecule has 0 spiro atoms. The SMILES string of the molecule is Cc1ccc(N(C)C(C)(CN)C2CC2)cc1. The van der Waals surface area contributed by atoms with Crippen molar-refractivity contribution in [1.82, 2.24) is 0 Å². The predicted octanol–water partition coefficient (Wildman–Crippen LogP) is 2.56. The van der Waals surface area contributed by atoms with Crippen molar-refractivity contribution in [1.29, 1.82) is 0 Å². The lowest BCUT2D eigenvalue weighted by Gasteiger charge is -2.40. The Bertz CT molecular complexity index is 354. The number of aryl methyl sites for hydroxylation is 1. The molecule has 2 rings (SSSR count). The Morgan fingerprint density at radius 3 is 2.31 bits per heavy atom. The van der Waals surface area contributed by atoms with Crippen molar-refractivity contribution in [2.45, 2.75) is 32.2 Å². The lowest BCUT2D eigenvalue weighted by Crippen LogP contribution is -2.51. The normalized spacial score (nSPS) is 19.2. The van der Waals surface area contributed by atoms with E-state index in [0.717, 1.165) is 12.5 Å². The van der Waals surface area contributed by atoms with Gasteiger partial charge in [-0.25, -0.2) is 0 Å². The third-order valence-electron chi connectivity index (χ3n) is 4.06. The van der Waals surface area contributed by atoms with E-state index in [0.29, 0.717) is 0 Å². The quantitative estimate of drug-likeness (QED) is 0.841. The summed E-state index contributed by atoms with van der Waals surface area (Å²) in [5.74, 6) is 0.767. The summed E-state index contributed by atoms with van der Waals surface area (Å²) >= 11 is 0. The topological polar surface area (TPSA) is 29.3 Å². The van der Waals surface area contributed by atoms with Gasteiger partial charge in [-0.1, -0.05) is 17.7 Å². The number of likely N-dealkylation sites (N-methyl/N-ethyl adjacent to an activating group) is 1. The van der Waals surface area contributed by atoms with Crippen LogP contribution in [0.3, 0.4) is 0 Å². The van der Waals surface area contributed by atoms with Crippen molar-refractivity contribution in [3.63, 3.8) is 0 Å². The number of hydrogen-bond acceptors (Lipinski definition) is 2. The van der Waals surface area contributed by atoms with Gasteiger partial charge >= 0.3 is 0 Å². The smallest absolute Gasteiger partial charge is 0.0520 e. The molecule has 0 saturated heterocycles. The first-order valence-electron chi connectivity index (χ1n) is 6.08. The van der Waals surface area contributed by atoms with Crippen LogP contribution in [0.1, 0.15) is 25.3 Å². The molecule has 0 radical (unpaired) electrons. The molecular formula is C14H22N2. The van der Waals surface area contributed by atoms with Crippen molar-refractivity contribution < 1.29 is 0 Å². The summed E-state index contributed by atoms with van der Waals surface area (Å²) in [6, 6.07) is 8.70. The maximum atomic E-state index is 5.97. The lowest BCUT2D eigenvalue weighted by molar-refractivity contribution is 0.397. The molecule has 2 heteroatoms.